The summed E-state index contributed by atoms with van der Waals surface area (Å²) in [6.45, 7) is 1.81. The van der Waals surface area contributed by atoms with E-state index in [9.17, 15) is 18.0 Å². The fourth-order valence-electron chi connectivity index (χ4n) is 2.72. The normalized spacial score (nSPS) is 11.6. The molecule has 5 nitrogen and oxygen atoms in total. The van der Waals surface area contributed by atoms with Gasteiger partial charge in [0.05, 0.1) is 12.1 Å². The lowest BCUT2D eigenvalue weighted by Crippen LogP contribution is -2.30. The summed E-state index contributed by atoms with van der Waals surface area (Å²) in [4.78, 5) is 17.8. The number of rotatable bonds is 6. The van der Waals surface area contributed by atoms with Crippen LogP contribution < -0.4 is 4.74 Å². The Kier molecular flexibility index (Phi) is 5.58. The molecule has 28 heavy (non-hydrogen) atoms. The molecule has 148 valence electrons. The summed E-state index contributed by atoms with van der Waals surface area (Å²) in [5.41, 5.74) is 2.91. The zero-order valence-electron chi connectivity index (χ0n) is 15.5. The predicted molar refractivity (Wildman–Crippen MR) is 98.3 cm³/mol. The maximum atomic E-state index is 12.3. The quantitative estimate of drug-likeness (QED) is 0.631. The van der Waals surface area contributed by atoms with Crippen molar-refractivity contribution in [3.05, 3.63) is 65.6 Å². The topological polar surface area (TPSA) is 46.8 Å². The van der Waals surface area contributed by atoms with Gasteiger partial charge in [-0.3, -0.25) is 4.79 Å². The number of carbonyl (C=O) groups is 1. The zero-order chi connectivity index (χ0) is 20.3. The highest BCUT2D eigenvalue weighted by Gasteiger charge is 2.28. The van der Waals surface area contributed by atoms with Crippen LogP contribution in [0.1, 0.15) is 28.0 Å². The minimum Gasteiger partial charge on any atom is -0.487 e. The van der Waals surface area contributed by atoms with Gasteiger partial charge in [0.15, 0.2) is 0 Å². The van der Waals surface area contributed by atoms with Gasteiger partial charge in [0.25, 0.3) is 5.91 Å². The number of aromatic nitrogens is 2. The summed E-state index contributed by atoms with van der Waals surface area (Å²) >= 11 is 0. The van der Waals surface area contributed by atoms with Crippen LogP contribution in [0.5, 0.6) is 5.75 Å². The number of ether oxygens (including phenoxy) is 1. The van der Waals surface area contributed by atoms with E-state index in [1.807, 2.05) is 35.9 Å². The molecule has 2 heterocycles. The van der Waals surface area contributed by atoms with Gasteiger partial charge >= 0.3 is 6.18 Å². The highest BCUT2D eigenvalue weighted by atomic mass is 19.4. The molecule has 0 aliphatic rings. The zero-order valence-corrected chi connectivity index (χ0v) is 15.5. The maximum Gasteiger partial charge on any atom is 0.390 e. The van der Waals surface area contributed by atoms with E-state index in [4.69, 9.17) is 4.74 Å². The third kappa shape index (κ3) is 5.03. The molecule has 3 rings (SSSR count). The second-order valence-electron chi connectivity index (χ2n) is 6.61. The summed E-state index contributed by atoms with van der Waals surface area (Å²) < 4.78 is 44.6. The molecule has 1 aromatic carbocycles. The van der Waals surface area contributed by atoms with Gasteiger partial charge in [-0.15, -0.1) is 0 Å². The van der Waals surface area contributed by atoms with E-state index in [0.717, 1.165) is 21.8 Å². The largest absolute Gasteiger partial charge is 0.487 e. The Morgan fingerprint density at radius 1 is 1.21 bits per heavy atom. The first-order valence-corrected chi connectivity index (χ1v) is 8.70. The molecule has 1 amide bonds. The lowest BCUT2D eigenvalue weighted by atomic mass is 10.2. The fourth-order valence-corrected chi connectivity index (χ4v) is 2.72. The van der Waals surface area contributed by atoms with Crippen molar-refractivity contribution in [3.63, 3.8) is 0 Å². The second kappa shape index (κ2) is 7.92. The van der Waals surface area contributed by atoms with Crippen molar-refractivity contribution in [1.82, 2.24) is 14.3 Å². The fraction of sp³-hybridized carbons (Fsp3) is 0.300. The third-order valence-electron chi connectivity index (χ3n) is 4.19. The van der Waals surface area contributed by atoms with Gasteiger partial charge in [0, 0.05) is 31.5 Å². The second-order valence-corrected chi connectivity index (χ2v) is 6.61. The van der Waals surface area contributed by atoms with Crippen LogP contribution in [-0.4, -0.2) is 40.0 Å². The van der Waals surface area contributed by atoms with Gasteiger partial charge in [-0.05, 0) is 36.8 Å². The van der Waals surface area contributed by atoms with Crippen LogP contribution in [0.15, 0.2) is 48.8 Å². The molecule has 0 saturated carbocycles. The van der Waals surface area contributed by atoms with Gasteiger partial charge in [-0.1, -0.05) is 12.1 Å². The van der Waals surface area contributed by atoms with Crippen molar-refractivity contribution in [2.75, 3.05) is 13.6 Å². The number of hydrogen-bond donors (Lipinski definition) is 0. The first-order valence-electron chi connectivity index (χ1n) is 8.70. The Balaban J connectivity index is 1.64. The Hall–Kier alpha value is -3.03. The summed E-state index contributed by atoms with van der Waals surface area (Å²) in [7, 11) is 1.35. The number of benzene rings is 1. The molecule has 0 N–H and O–H groups in total. The molecule has 2 aromatic heterocycles. The Bertz CT molecular complexity index is 982. The number of halogens is 3. The number of imidazole rings is 1. The smallest absolute Gasteiger partial charge is 0.390 e. The van der Waals surface area contributed by atoms with Crippen molar-refractivity contribution in [2.45, 2.75) is 26.1 Å². The lowest BCUT2D eigenvalue weighted by Gasteiger charge is -2.18. The van der Waals surface area contributed by atoms with Gasteiger partial charge in [0.2, 0.25) is 0 Å². The SMILES string of the molecule is Cc1ccc2nc(COc3cccc(C(=O)N(C)CCC(F)(F)F)c3)cn2c1. The summed E-state index contributed by atoms with van der Waals surface area (Å²) in [6, 6.07) is 10.3. The molecular weight excluding hydrogens is 371 g/mol. The van der Waals surface area contributed by atoms with Crippen molar-refractivity contribution >= 4 is 11.6 Å². The average Bonchev–Trinajstić information content (AvgIpc) is 3.05. The molecular formula is C20H20F3N3O2. The van der Waals surface area contributed by atoms with E-state index < -0.39 is 25.0 Å². The minimum atomic E-state index is -4.30. The van der Waals surface area contributed by atoms with Crippen molar-refractivity contribution in [2.24, 2.45) is 0 Å². The molecule has 3 aromatic rings. The Morgan fingerprint density at radius 3 is 2.75 bits per heavy atom. The summed E-state index contributed by atoms with van der Waals surface area (Å²) in [6.07, 6.45) is -1.52. The van der Waals surface area contributed by atoms with Crippen LogP contribution in [-0.2, 0) is 6.61 Å². The van der Waals surface area contributed by atoms with Crippen LogP contribution in [0, 0.1) is 6.92 Å². The van der Waals surface area contributed by atoms with Crippen LogP contribution in [0.25, 0.3) is 5.65 Å². The van der Waals surface area contributed by atoms with E-state index in [1.54, 1.807) is 18.2 Å². The maximum absolute atomic E-state index is 12.3. The number of carbonyl (C=O) groups excluding carboxylic acids is 1. The molecule has 0 atom stereocenters. The van der Waals surface area contributed by atoms with Crippen LogP contribution >= 0.6 is 0 Å². The van der Waals surface area contributed by atoms with E-state index in [-0.39, 0.29) is 12.2 Å². The molecule has 0 aliphatic carbocycles. The van der Waals surface area contributed by atoms with Crippen LogP contribution in [0.4, 0.5) is 13.2 Å². The third-order valence-corrected chi connectivity index (χ3v) is 4.19. The molecule has 0 aliphatic heterocycles. The summed E-state index contributed by atoms with van der Waals surface area (Å²) in [5.74, 6) is -0.0405. The van der Waals surface area contributed by atoms with Crippen molar-refractivity contribution in [3.8, 4) is 5.75 Å². The minimum absolute atomic E-state index is 0.211. The number of nitrogens with zero attached hydrogens (tertiary/aromatic N) is 3. The highest BCUT2D eigenvalue weighted by molar-refractivity contribution is 5.94. The number of aryl methyl sites for hydroxylation is 1. The van der Waals surface area contributed by atoms with E-state index in [1.165, 1.54) is 13.1 Å². The number of fused-ring (bicyclic) bond motifs is 1. The van der Waals surface area contributed by atoms with Gasteiger partial charge in [0.1, 0.15) is 18.0 Å². The molecule has 0 bridgehead atoms. The molecule has 0 fully saturated rings. The van der Waals surface area contributed by atoms with Crippen LogP contribution in [0.2, 0.25) is 0 Å². The molecule has 0 unspecified atom stereocenters. The van der Waals surface area contributed by atoms with Crippen molar-refractivity contribution in [1.29, 1.82) is 0 Å². The van der Waals surface area contributed by atoms with Gasteiger partial charge in [-0.25, -0.2) is 4.98 Å². The monoisotopic (exact) mass is 391 g/mol. The average molecular weight is 391 g/mol. The highest BCUT2D eigenvalue weighted by Crippen LogP contribution is 2.21. The van der Waals surface area contributed by atoms with E-state index in [0.29, 0.717) is 5.75 Å². The van der Waals surface area contributed by atoms with E-state index in [2.05, 4.69) is 4.98 Å². The standard InChI is InChI=1S/C20H20F3N3O2/c1-14-6-7-18-24-16(12-26(18)11-14)13-28-17-5-3-4-15(10-17)19(27)25(2)9-8-20(21,22)23/h3-7,10-12H,8-9,13H2,1-2H3. The number of amides is 1. The number of pyridine rings is 1. The van der Waals surface area contributed by atoms with E-state index >= 15 is 0 Å². The predicted octanol–water partition coefficient (Wildman–Crippen LogP) is 4.25. The Morgan fingerprint density at radius 2 is 2.00 bits per heavy atom. The first-order chi connectivity index (χ1) is 13.2. The van der Waals surface area contributed by atoms with Gasteiger partial charge in [-0.2, -0.15) is 13.2 Å². The number of hydrogen-bond acceptors (Lipinski definition) is 3. The van der Waals surface area contributed by atoms with Crippen LogP contribution in [0.3, 0.4) is 0 Å². The number of alkyl halides is 3. The lowest BCUT2D eigenvalue weighted by molar-refractivity contribution is -0.136. The van der Waals surface area contributed by atoms with Crippen molar-refractivity contribution < 1.29 is 22.7 Å². The molecule has 0 radical (unpaired) electrons. The molecule has 8 heteroatoms. The molecule has 0 spiro atoms. The van der Waals surface area contributed by atoms with Gasteiger partial charge < -0.3 is 14.0 Å². The Labute approximate surface area is 160 Å². The first kappa shape index (κ1) is 19.7. The summed E-state index contributed by atoms with van der Waals surface area (Å²) in [5, 5.41) is 0. The molecule has 0 saturated heterocycles.